The number of ether oxygens (including phenoxy) is 1. The number of nitrogens with one attached hydrogen (secondary N) is 1. The summed E-state index contributed by atoms with van der Waals surface area (Å²) in [5, 5.41) is 3.22. The Morgan fingerprint density at radius 2 is 1.96 bits per heavy atom. The van der Waals surface area contributed by atoms with Gasteiger partial charge in [-0.05, 0) is 41.5 Å². The van der Waals surface area contributed by atoms with Crippen molar-refractivity contribution in [3.05, 3.63) is 76.3 Å². The van der Waals surface area contributed by atoms with E-state index in [-0.39, 0.29) is 11.4 Å². The van der Waals surface area contributed by atoms with Gasteiger partial charge in [-0.3, -0.25) is 9.36 Å². The van der Waals surface area contributed by atoms with Crippen LogP contribution in [0.5, 0.6) is 5.75 Å². The summed E-state index contributed by atoms with van der Waals surface area (Å²) in [6.45, 7) is 0.512. The summed E-state index contributed by atoms with van der Waals surface area (Å²) in [5.74, 6) is 0.977. The molecule has 0 aliphatic carbocycles. The highest BCUT2D eigenvalue weighted by atomic mass is 32.1. The number of hydrogen-bond acceptors (Lipinski definition) is 5. The highest BCUT2D eigenvalue weighted by Crippen LogP contribution is 2.31. The molecular weight excluding hydrogens is 377 g/mol. The fourth-order valence-corrected chi connectivity index (χ4v) is 4.01. The van der Waals surface area contributed by atoms with Crippen molar-refractivity contribution in [2.24, 2.45) is 7.05 Å². The van der Waals surface area contributed by atoms with Gasteiger partial charge in [0, 0.05) is 18.5 Å². The Hall–Kier alpha value is -3.19. The second-order valence-electron chi connectivity index (χ2n) is 6.34. The van der Waals surface area contributed by atoms with E-state index >= 15 is 0 Å². The number of fused-ring (bicyclic) bond motifs is 1. The van der Waals surface area contributed by atoms with Gasteiger partial charge in [0.2, 0.25) is 5.95 Å². The first-order valence-electron chi connectivity index (χ1n) is 8.68. The van der Waals surface area contributed by atoms with Crippen LogP contribution in [0, 0.1) is 5.82 Å². The smallest absolute Gasteiger partial charge is 0.272 e. The summed E-state index contributed by atoms with van der Waals surface area (Å²) < 4.78 is 20.5. The summed E-state index contributed by atoms with van der Waals surface area (Å²) >= 11 is 1.36. The molecule has 28 heavy (non-hydrogen) atoms. The van der Waals surface area contributed by atoms with Gasteiger partial charge in [-0.1, -0.05) is 24.3 Å². The summed E-state index contributed by atoms with van der Waals surface area (Å²) in [4.78, 5) is 18.3. The van der Waals surface area contributed by atoms with Crippen LogP contribution in [0.2, 0.25) is 0 Å². The third-order valence-corrected chi connectivity index (χ3v) is 5.63. The lowest BCUT2D eigenvalue weighted by atomic mass is 10.2. The van der Waals surface area contributed by atoms with Crippen LogP contribution in [0.25, 0.3) is 20.7 Å². The number of anilines is 1. The molecule has 0 fully saturated rings. The Balaban J connectivity index is 1.66. The molecule has 0 unspecified atom stereocenters. The standard InChI is InChI=1S/C21H18FN3O2S/c1-25-20(26)19-17(11-18(28-19)14-6-8-15(22)9-7-14)24-21(25)23-12-13-4-3-5-16(10-13)27-2/h3-11H,12H2,1-2H3,(H,23,24). The van der Waals surface area contributed by atoms with E-state index in [0.717, 1.165) is 21.8 Å². The molecule has 0 amide bonds. The third-order valence-electron chi connectivity index (χ3n) is 4.47. The molecule has 4 aromatic rings. The van der Waals surface area contributed by atoms with Gasteiger partial charge in [0.1, 0.15) is 16.3 Å². The van der Waals surface area contributed by atoms with Crippen molar-refractivity contribution in [2.75, 3.05) is 12.4 Å². The first kappa shape index (κ1) is 18.2. The second kappa shape index (κ2) is 7.44. The molecule has 2 aromatic carbocycles. The number of thiophene rings is 1. The predicted octanol–water partition coefficient (Wildman–Crippen LogP) is 4.42. The molecule has 4 rings (SSSR count). The molecule has 1 N–H and O–H groups in total. The Morgan fingerprint density at radius 1 is 1.18 bits per heavy atom. The van der Waals surface area contributed by atoms with Crippen LogP contribution in [0.3, 0.4) is 0 Å². The van der Waals surface area contributed by atoms with E-state index in [9.17, 15) is 9.18 Å². The molecule has 7 heteroatoms. The van der Waals surface area contributed by atoms with Gasteiger partial charge in [0.15, 0.2) is 0 Å². The fourth-order valence-electron chi connectivity index (χ4n) is 2.93. The predicted molar refractivity (Wildman–Crippen MR) is 111 cm³/mol. The van der Waals surface area contributed by atoms with Crippen LogP contribution in [-0.2, 0) is 13.6 Å². The zero-order valence-electron chi connectivity index (χ0n) is 15.4. The van der Waals surface area contributed by atoms with Crippen molar-refractivity contribution >= 4 is 27.5 Å². The Bertz CT molecular complexity index is 1200. The third kappa shape index (κ3) is 3.48. The number of rotatable bonds is 5. The van der Waals surface area contributed by atoms with Crippen molar-refractivity contribution in [1.29, 1.82) is 0 Å². The SMILES string of the molecule is COc1cccc(CNc2nc3cc(-c4ccc(F)cc4)sc3c(=O)n2C)c1. The van der Waals surface area contributed by atoms with Gasteiger partial charge < -0.3 is 10.1 Å². The van der Waals surface area contributed by atoms with Gasteiger partial charge in [0.25, 0.3) is 5.56 Å². The Kier molecular flexibility index (Phi) is 4.83. The molecule has 0 saturated heterocycles. The Morgan fingerprint density at radius 3 is 2.71 bits per heavy atom. The average molecular weight is 395 g/mol. The summed E-state index contributed by atoms with van der Waals surface area (Å²) in [6.07, 6.45) is 0. The van der Waals surface area contributed by atoms with Crippen LogP contribution in [0.1, 0.15) is 5.56 Å². The number of nitrogens with zero attached hydrogens (tertiary/aromatic N) is 2. The lowest BCUT2D eigenvalue weighted by molar-refractivity contribution is 0.414. The van der Waals surface area contributed by atoms with Gasteiger partial charge in [-0.15, -0.1) is 11.3 Å². The van der Waals surface area contributed by atoms with Crippen LogP contribution in [-0.4, -0.2) is 16.7 Å². The number of halogens is 1. The van der Waals surface area contributed by atoms with Crippen LogP contribution in [0.4, 0.5) is 10.3 Å². The number of hydrogen-bond donors (Lipinski definition) is 1. The van der Waals surface area contributed by atoms with Crippen LogP contribution < -0.4 is 15.6 Å². The average Bonchev–Trinajstić information content (AvgIpc) is 3.14. The van der Waals surface area contributed by atoms with Gasteiger partial charge in [-0.25, -0.2) is 9.37 Å². The minimum Gasteiger partial charge on any atom is -0.497 e. The molecule has 2 heterocycles. The molecule has 0 spiro atoms. The maximum atomic E-state index is 13.2. The minimum absolute atomic E-state index is 0.114. The molecule has 0 radical (unpaired) electrons. The Labute approximate surface area is 165 Å². The minimum atomic E-state index is -0.289. The van der Waals surface area contributed by atoms with E-state index in [4.69, 9.17) is 4.74 Å². The first-order chi connectivity index (χ1) is 13.5. The molecule has 0 saturated carbocycles. The zero-order valence-corrected chi connectivity index (χ0v) is 16.2. The molecular formula is C21H18FN3O2S. The van der Waals surface area contributed by atoms with Crippen molar-refractivity contribution in [2.45, 2.75) is 6.54 Å². The largest absolute Gasteiger partial charge is 0.497 e. The molecule has 0 aliphatic rings. The van der Waals surface area contributed by atoms with Crippen molar-refractivity contribution in [1.82, 2.24) is 9.55 Å². The number of benzene rings is 2. The zero-order chi connectivity index (χ0) is 19.7. The number of aromatic nitrogens is 2. The van der Waals surface area contributed by atoms with E-state index in [1.165, 1.54) is 28.0 Å². The summed E-state index contributed by atoms with van der Waals surface area (Å²) in [5.41, 5.74) is 2.39. The van der Waals surface area contributed by atoms with E-state index in [2.05, 4.69) is 10.3 Å². The van der Waals surface area contributed by atoms with Crippen molar-refractivity contribution in [3.63, 3.8) is 0 Å². The lowest BCUT2D eigenvalue weighted by Gasteiger charge is -2.10. The first-order valence-corrected chi connectivity index (χ1v) is 9.50. The van der Waals surface area contributed by atoms with E-state index in [1.54, 1.807) is 26.3 Å². The summed E-state index contributed by atoms with van der Waals surface area (Å²) in [7, 11) is 3.32. The van der Waals surface area contributed by atoms with E-state index in [0.29, 0.717) is 22.7 Å². The lowest BCUT2D eigenvalue weighted by Crippen LogP contribution is -2.21. The molecule has 142 valence electrons. The molecule has 0 aliphatic heterocycles. The maximum Gasteiger partial charge on any atom is 0.272 e. The normalized spacial score (nSPS) is 11.0. The highest BCUT2D eigenvalue weighted by molar-refractivity contribution is 7.22. The van der Waals surface area contributed by atoms with Gasteiger partial charge in [-0.2, -0.15) is 0 Å². The quantitative estimate of drug-likeness (QED) is 0.543. The summed E-state index contributed by atoms with van der Waals surface area (Å²) in [6, 6.07) is 15.8. The molecule has 5 nitrogen and oxygen atoms in total. The topological polar surface area (TPSA) is 56.1 Å². The number of methoxy groups -OCH3 is 1. The van der Waals surface area contributed by atoms with Crippen molar-refractivity contribution in [3.8, 4) is 16.2 Å². The molecule has 2 aromatic heterocycles. The monoisotopic (exact) mass is 395 g/mol. The van der Waals surface area contributed by atoms with Gasteiger partial charge in [0.05, 0.1) is 12.6 Å². The van der Waals surface area contributed by atoms with Crippen molar-refractivity contribution < 1.29 is 9.13 Å². The van der Waals surface area contributed by atoms with E-state index in [1.807, 2.05) is 30.3 Å². The van der Waals surface area contributed by atoms with Crippen LogP contribution >= 0.6 is 11.3 Å². The van der Waals surface area contributed by atoms with Crippen LogP contribution in [0.15, 0.2) is 59.4 Å². The fraction of sp³-hybridized carbons (Fsp3) is 0.143. The van der Waals surface area contributed by atoms with E-state index < -0.39 is 0 Å². The molecule has 0 atom stereocenters. The maximum absolute atomic E-state index is 13.2. The second-order valence-corrected chi connectivity index (χ2v) is 7.39. The highest BCUT2D eigenvalue weighted by Gasteiger charge is 2.13. The van der Waals surface area contributed by atoms with Gasteiger partial charge >= 0.3 is 0 Å². The molecule has 0 bridgehead atoms.